The Morgan fingerprint density at radius 3 is 2.69 bits per heavy atom. The van der Waals surface area contributed by atoms with Crippen LogP contribution in [-0.4, -0.2) is 16.0 Å². The molecular formula is C10H8FNO4. The molecule has 0 fully saturated rings. The Kier molecular flexibility index (Phi) is 3.34. The molecule has 0 bridgehead atoms. The van der Waals surface area contributed by atoms with E-state index in [4.69, 9.17) is 5.11 Å². The Labute approximate surface area is 90.0 Å². The summed E-state index contributed by atoms with van der Waals surface area (Å²) in [4.78, 5) is 20.1. The number of aryl methyl sites for hydroxylation is 1. The van der Waals surface area contributed by atoms with Crippen molar-refractivity contribution in [2.24, 2.45) is 0 Å². The summed E-state index contributed by atoms with van der Waals surface area (Å²) < 4.78 is 13.4. The molecular weight excluding hydrogens is 217 g/mol. The molecule has 0 atom stereocenters. The number of nitro benzene ring substituents is 1. The molecule has 5 nitrogen and oxygen atoms in total. The average molecular weight is 225 g/mol. The summed E-state index contributed by atoms with van der Waals surface area (Å²) >= 11 is 0. The monoisotopic (exact) mass is 225 g/mol. The molecule has 1 aromatic carbocycles. The van der Waals surface area contributed by atoms with Gasteiger partial charge in [-0.1, -0.05) is 0 Å². The molecule has 16 heavy (non-hydrogen) atoms. The van der Waals surface area contributed by atoms with E-state index in [1.807, 2.05) is 0 Å². The Balaban J connectivity index is 3.35. The van der Waals surface area contributed by atoms with E-state index < -0.39 is 22.4 Å². The number of nitro groups is 1. The number of benzene rings is 1. The highest BCUT2D eigenvalue weighted by Gasteiger charge is 2.16. The van der Waals surface area contributed by atoms with Crippen LogP contribution < -0.4 is 0 Å². The van der Waals surface area contributed by atoms with E-state index in [0.717, 1.165) is 12.1 Å². The summed E-state index contributed by atoms with van der Waals surface area (Å²) in [7, 11) is 0. The first-order chi connectivity index (χ1) is 7.41. The number of halogens is 1. The lowest BCUT2D eigenvalue weighted by atomic mass is 10.1. The molecule has 0 aliphatic carbocycles. The van der Waals surface area contributed by atoms with Gasteiger partial charge in [-0.2, -0.15) is 0 Å². The zero-order valence-electron chi connectivity index (χ0n) is 8.31. The fourth-order valence-electron chi connectivity index (χ4n) is 1.21. The molecule has 84 valence electrons. The highest BCUT2D eigenvalue weighted by atomic mass is 19.1. The van der Waals surface area contributed by atoms with Crippen LogP contribution in [0.25, 0.3) is 6.08 Å². The number of carbonyl (C=O) groups is 1. The van der Waals surface area contributed by atoms with E-state index in [1.165, 1.54) is 13.0 Å². The number of carboxylic acid groups (broad SMARTS) is 1. The summed E-state index contributed by atoms with van der Waals surface area (Å²) in [5.41, 5.74) is -0.385. The van der Waals surface area contributed by atoms with E-state index in [-0.39, 0.29) is 5.56 Å². The van der Waals surface area contributed by atoms with Crippen LogP contribution in [0.15, 0.2) is 18.2 Å². The van der Waals surface area contributed by atoms with Crippen molar-refractivity contribution in [2.75, 3.05) is 0 Å². The van der Waals surface area contributed by atoms with Crippen LogP contribution in [-0.2, 0) is 4.79 Å². The highest BCUT2D eigenvalue weighted by molar-refractivity contribution is 5.86. The molecule has 0 aliphatic heterocycles. The van der Waals surface area contributed by atoms with Crippen molar-refractivity contribution in [3.63, 3.8) is 0 Å². The smallest absolute Gasteiger partial charge is 0.328 e. The molecule has 0 aromatic heterocycles. The lowest BCUT2D eigenvalue weighted by molar-refractivity contribution is -0.385. The number of carboxylic acids is 1. The highest BCUT2D eigenvalue weighted by Crippen LogP contribution is 2.24. The standard InChI is InChI=1S/C10H8FNO4/c1-6-4-8(11)7(2-3-10(13)14)9(5-6)12(15)16/h2-5H,1H3,(H,13,14)/b3-2+. The van der Waals surface area contributed by atoms with Crippen LogP contribution in [0, 0.1) is 22.9 Å². The maximum absolute atomic E-state index is 13.4. The van der Waals surface area contributed by atoms with Crippen LogP contribution in [0.5, 0.6) is 0 Å². The molecule has 0 heterocycles. The van der Waals surface area contributed by atoms with Gasteiger partial charge in [0.05, 0.1) is 10.5 Å². The second-order valence-corrected chi connectivity index (χ2v) is 3.11. The fourth-order valence-corrected chi connectivity index (χ4v) is 1.21. The molecule has 0 unspecified atom stereocenters. The third-order valence-corrected chi connectivity index (χ3v) is 1.84. The Hall–Kier alpha value is -2.24. The van der Waals surface area contributed by atoms with Gasteiger partial charge >= 0.3 is 5.97 Å². The lowest BCUT2D eigenvalue weighted by Crippen LogP contribution is -1.96. The van der Waals surface area contributed by atoms with Gasteiger partial charge in [0.15, 0.2) is 0 Å². The predicted octanol–water partition coefficient (Wildman–Crippen LogP) is 2.14. The summed E-state index contributed by atoms with van der Waals surface area (Å²) in [6.45, 7) is 1.51. The summed E-state index contributed by atoms with van der Waals surface area (Å²) in [6.07, 6.45) is 1.52. The zero-order chi connectivity index (χ0) is 12.3. The Bertz CT molecular complexity index is 482. The fraction of sp³-hybridized carbons (Fsp3) is 0.100. The summed E-state index contributed by atoms with van der Waals surface area (Å²) in [6, 6.07) is 2.29. The van der Waals surface area contributed by atoms with Gasteiger partial charge in [0.1, 0.15) is 5.82 Å². The van der Waals surface area contributed by atoms with E-state index in [0.29, 0.717) is 11.6 Å². The first kappa shape index (κ1) is 11.8. The quantitative estimate of drug-likeness (QED) is 0.485. The van der Waals surface area contributed by atoms with Gasteiger partial charge in [-0.05, 0) is 24.6 Å². The molecule has 0 saturated carbocycles. The van der Waals surface area contributed by atoms with Crippen LogP contribution in [0.2, 0.25) is 0 Å². The maximum Gasteiger partial charge on any atom is 0.328 e. The topological polar surface area (TPSA) is 80.4 Å². The van der Waals surface area contributed by atoms with Gasteiger partial charge in [-0.25, -0.2) is 9.18 Å². The summed E-state index contributed by atoms with van der Waals surface area (Å²) in [5, 5.41) is 19.0. The number of hydrogen-bond acceptors (Lipinski definition) is 3. The van der Waals surface area contributed by atoms with Crippen molar-refractivity contribution in [1.82, 2.24) is 0 Å². The first-order valence-electron chi connectivity index (χ1n) is 4.27. The number of rotatable bonds is 3. The van der Waals surface area contributed by atoms with E-state index in [9.17, 15) is 19.3 Å². The molecule has 1 aromatic rings. The van der Waals surface area contributed by atoms with E-state index >= 15 is 0 Å². The lowest BCUT2D eigenvalue weighted by Gasteiger charge is -2.01. The third-order valence-electron chi connectivity index (χ3n) is 1.84. The zero-order valence-corrected chi connectivity index (χ0v) is 8.31. The van der Waals surface area contributed by atoms with Gasteiger partial charge in [-0.3, -0.25) is 10.1 Å². The van der Waals surface area contributed by atoms with Gasteiger partial charge in [0, 0.05) is 12.1 Å². The van der Waals surface area contributed by atoms with Crippen LogP contribution in [0.3, 0.4) is 0 Å². The van der Waals surface area contributed by atoms with Crippen molar-refractivity contribution in [3.05, 3.63) is 45.3 Å². The van der Waals surface area contributed by atoms with E-state index in [2.05, 4.69) is 0 Å². The molecule has 0 radical (unpaired) electrons. The van der Waals surface area contributed by atoms with Crippen LogP contribution in [0.1, 0.15) is 11.1 Å². The molecule has 0 saturated heterocycles. The normalized spacial score (nSPS) is 10.6. The van der Waals surface area contributed by atoms with Crippen molar-refractivity contribution in [3.8, 4) is 0 Å². The van der Waals surface area contributed by atoms with Gasteiger partial charge < -0.3 is 5.11 Å². The molecule has 0 aliphatic rings. The Morgan fingerprint density at radius 1 is 1.56 bits per heavy atom. The molecule has 1 rings (SSSR count). The maximum atomic E-state index is 13.4. The van der Waals surface area contributed by atoms with Crippen molar-refractivity contribution >= 4 is 17.7 Å². The minimum atomic E-state index is -1.30. The molecule has 1 N–H and O–H groups in total. The largest absolute Gasteiger partial charge is 0.478 e. The second-order valence-electron chi connectivity index (χ2n) is 3.11. The first-order valence-corrected chi connectivity index (χ1v) is 4.27. The van der Waals surface area contributed by atoms with Gasteiger partial charge in [0.2, 0.25) is 0 Å². The van der Waals surface area contributed by atoms with E-state index in [1.54, 1.807) is 0 Å². The minimum absolute atomic E-state index is 0.335. The van der Waals surface area contributed by atoms with Crippen LogP contribution >= 0.6 is 0 Å². The second kappa shape index (κ2) is 4.52. The van der Waals surface area contributed by atoms with Crippen molar-refractivity contribution in [1.29, 1.82) is 0 Å². The third kappa shape index (κ3) is 2.63. The molecule has 0 spiro atoms. The van der Waals surface area contributed by atoms with Crippen LogP contribution in [0.4, 0.5) is 10.1 Å². The van der Waals surface area contributed by atoms with Crippen molar-refractivity contribution < 1.29 is 19.2 Å². The van der Waals surface area contributed by atoms with Gasteiger partial charge in [0.25, 0.3) is 5.69 Å². The van der Waals surface area contributed by atoms with Crippen molar-refractivity contribution in [2.45, 2.75) is 6.92 Å². The average Bonchev–Trinajstić information content (AvgIpc) is 2.14. The molecule has 0 amide bonds. The summed E-state index contributed by atoms with van der Waals surface area (Å²) in [5.74, 6) is -2.11. The SMILES string of the molecule is Cc1cc(F)c(/C=C/C(=O)O)c([N+](=O)[O-])c1. The molecule has 6 heteroatoms. The number of aliphatic carboxylic acids is 1. The number of nitrogens with zero attached hydrogens (tertiary/aromatic N) is 1. The number of hydrogen-bond donors (Lipinski definition) is 1. The minimum Gasteiger partial charge on any atom is -0.478 e. The predicted molar refractivity (Wildman–Crippen MR) is 54.5 cm³/mol. The van der Waals surface area contributed by atoms with Gasteiger partial charge in [-0.15, -0.1) is 0 Å². The Morgan fingerprint density at radius 2 is 2.19 bits per heavy atom.